The lowest BCUT2D eigenvalue weighted by Gasteiger charge is -2.11. The maximum atomic E-state index is 12.7. The standard InChI is InChI=1S/C20H29N3O5/c1-5-13(2)21-18(24)9-7-6-8-10-23-19(25)14-11-16(27-3)17(28-4)12-15(14)22-20(23)26/h11-13H,5-10H2,1-4H3,(H,21,24)(H,22,26)/t13-/m0/s1. The molecule has 2 aromatic rings. The van der Waals surface area contributed by atoms with Crippen LogP contribution in [-0.2, 0) is 11.3 Å². The third-order valence-electron chi connectivity index (χ3n) is 4.79. The number of aromatic amines is 1. The highest BCUT2D eigenvalue weighted by atomic mass is 16.5. The maximum Gasteiger partial charge on any atom is 0.328 e. The summed E-state index contributed by atoms with van der Waals surface area (Å²) in [6.07, 6.45) is 3.45. The van der Waals surface area contributed by atoms with Crippen molar-refractivity contribution in [2.24, 2.45) is 0 Å². The van der Waals surface area contributed by atoms with E-state index >= 15 is 0 Å². The van der Waals surface area contributed by atoms with E-state index in [2.05, 4.69) is 10.3 Å². The second-order valence-electron chi connectivity index (χ2n) is 6.83. The Labute approximate surface area is 163 Å². The zero-order chi connectivity index (χ0) is 20.7. The highest BCUT2D eigenvalue weighted by molar-refractivity contribution is 5.81. The third-order valence-corrected chi connectivity index (χ3v) is 4.79. The van der Waals surface area contributed by atoms with Crippen molar-refractivity contribution in [3.05, 3.63) is 33.0 Å². The molecule has 1 heterocycles. The molecule has 0 saturated carbocycles. The first-order valence-corrected chi connectivity index (χ1v) is 9.59. The fourth-order valence-electron chi connectivity index (χ4n) is 2.96. The molecule has 0 spiro atoms. The van der Waals surface area contributed by atoms with Crippen LogP contribution in [0.1, 0.15) is 46.0 Å². The fraction of sp³-hybridized carbons (Fsp3) is 0.550. The fourth-order valence-corrected chi connectivity index (χ4v) is 2.96. The quantitative estimate of drug-likeness (QED) is 0.605. The van der Waals surface area contributed by atoms with Gasteiger partial charge in [0, 0.05) is 25.1 Å². The van der Waals surface area contributed by atoms with Gasteiger partial charge in [0.2, 0.25) is 5.91 Å². The van der Waals surface area contributed by atoms with Crippen LogP contribution in [0, 0.1) is 0 Å². The number of H-pyrrole nitrogens is 1. The number of hydrogen-bond donors (Lipinski definition) is 2. The molecule has 0 radical (unpaired) electrons. The molecule has 2 rings (SSSR count). The average molecular weight is 391 g/mol. The first kappa shape index (κ1) is 21.5. The first-order chi connectivity index (χ1) is 13.4. The molecule has 8 nitrogen and oxygen atoms in total. The normalized spacial score (nSPS) is 12.0. The molecule has 0 fully saturated rings. The number of ether oxygens (including phenoxy) is 2. The van der Waals surface area contributed by atoms with Gasteiger partial charge in [0.15, 0.2) is 11.5 Å². The van der Waals surface area contributed by atoms with E-state index in [1.54, 1.807) is 12.1 Å². The van der Waals surface area contributed by atoms with Gasteiger partial charge in [0.05, 0.1) is 25.1 Å². The SMILES string of the molecule is CC[C@H](C)NC(=O)CCCCCn1c(=O)[nH]c2cc(OC)c(OC)cc2c1=O. The summed E-state index contributed by atoms with van der Waals surface area (Å²) in [5, 5.41) is 3.29. The van der Waals surface area contributed by atoms with Crippen LogP contribution < -0.4 is 26.0 Å². The predicted molar refractivity (Wildman–Crippen MR) is 108 cm³/mol. The summed E-state index contributed by atoms with van der Waals surface area (Å²) in [4.78, 5) is 39.5. The number of carbonyl (C=O) groups is 1. The molecule has 0 aliphatic heterocycles. The Balaban J connectivity index is 2.04. The van der Waals surface area contributed by atoms with Crippen LogP contribution in [0.15, 0.2) is 21.7 Å². The summed E-state index contributed by atoms with van der Waals surface area (Å²) in [7, 11) is 2.98. The Morgan fingerprint density at radius 2 is 1.82 bits per heavy atom. The number of nitrogens with one attached hydrogen (secondary N) is 2. The molecular weight excluding hydrogens is 362 g/mol. The molecule has 1 aromatic heterocycles. The van der Waals surface area contributed by atoms with E-state index in [4.69, 9.17) is 9.47 Å². The van der Waals surface area contributed by atoms with Crippen molar-refractivity contribution < 1.29 is 14.3 Å². The minimum atomic E-state index is -0.459. The van der Waals surface area contributed by atoms with Gasteiger partial charge in [0.1, 0.15) is 0 Å². The number of benzene rings is 1. The van der Waals surface area contributed by atoms with E-state index in [1.165, 1.54) is 18.8 Å². The summed E-state index contributed by atoms with van der Waals surface area (Å²) in [5.74, 6) is 0.910. The highest BCUT2D eigenvalue weighted by Crippen LogP contribution is 2.29. The van der Waals surface area contributed by atoms with Crippen LogP contribution >= 0.6 is 0 Å². The summed E-state index contributed by atoms with van der Waals surface area (Å²) >= 11 is 0. The van der Waals surface area contributed by atoms with E-state index in [9.17, 15) is 14.4 Å². The van der Waals surface area contributed by atoms with Crippen molar-refractivity contribution >= 4 is 16.8 Å². The van der Waals surface area contributed by atoms with Crippen LogP contribution in [0.5, 0.6) is 11.5 Å². The topological polar surface area (TPSA) is 102 Å². The molecule has 0 aliphatic carbocycles. The van der Waals surface area contributed by atoms with Crippen molar-refractivity contribution in [3.8, 4) is 11.5 Å². The molecule has 1 amide bonds. The number of fused-ring (bicyclic) bond motifs is 1. The second-order valence-corrected chi connectivity index (χ2v) is 6.83. The monoisotopic (exact) mass is 391 g/mol. The summed E-state index contributed by atoms with van der Waals surface area (Å²) < 4.78 is 11.6. The van der Waals surface area contributed by atoms with Gasteiger partial charge in [-0.15, -0.1) is 0 Å². The van der Waals surface area contributed by atoms with E-state index in [1.807, 2.05) is 13.8 Å². The smallest absolute Gasteiger partial charge is 0.328 e. The molecule has 0 aliphatic rings. The number of methoxy groups -OCH3 is 2. The molecule has 1 aromatic carbocycles. The van der Waals surface area contributed by atoms with Crippen LogP contribution in [0.2, 0.25) is 0 Å². The number of unbranched alkanes of at least 4 members (excludes halogenated alkanes) is 2. The Morgan fingerprint density at radius 1 is 1.14 bits per heavy atom. The molecule has 1 atom stereocenters. The van der Waals surface area contributed by atoms with Crippen molar-refractivity contribution in [1.29, 1.82) is 0 Å². The highest BCUT2D eigenvalue weighted by Gasteiger charge is 2.13. The van der Waals surface area contributed by atoms with Crippen LogP contribution in [-0.4, -0.2) is 35.7 Å². The Hall–Kier alpha value is -2.77. The van der Waals surface area contributed by atoms with Crippen molar-refractivity contribution in [3.63, 3.8) is 0 Å². The number of aromatic nitrogens is 2. The average Bonchev–Trinajstić information content (AvgIpc) is 2.68. The number of hydrogen-bond acceptors (Lipinski definition) is 5. The number of rotatable bonds is 10. The molecule has 154 valence electrons. The lowest BCUT2D eigenvalue weighted by molar-refractivity contribution is -0.121. The molecule has 0 bridgehead atoms. The van der Waals surface area contributed by atoms with E-state index in [-0.39, 0.29) is 17.5 Å². The van der Waals surface area contributed by atoms with E-state index < -0.39 is 5.69 Å². The van der Waals surface area contributed by atoms with Crippen molar-refractivity contribution in [1.82, 2.24) is 14.9 Å². The minimum absolute atomic E-state index is 0.0381. The molecule has 28 heavy (non-hydrogen) atoms. The first-order valence-electron chi connectivity index (χ1n) is 9.59. The lowest BCUT2D eigenvalue weighted by Crippen LogP contribution is -2.35. The van der Waals surface area contributed by atoms with Crippen LogP contribution in [0.3, 0.4) is 0 Å². The van der Waals surface area contributed by atoms with Crippen molar-refractivity contribution in [2.45, 2.75) is 58.5 Å². The van der Waals surface area contributed by atoms with Gasteiger partial charge in [0.25, 0.3) is 5.56 Å². The molecular formula is C20H29N3O5. The zero-order valence-corrected chi connectivity index (χ0v) is 17.0. The Bertz CT molecular complexity index is 932. The molecule has 0 saturated heterocycles. The van der Waals surface area contributed by atoms with E-state index in [0.29, 0.717) is 48.2 Å². The molecule has 0 unspecified atom stereocenters. The van der Waals surface area contributed by atoms with Gasteiger partial charge < -0.3 is 19.8 Å². The van der Waals surface area contributed by atoms with Crippen molar-refractivity contribution in [2.75, 3.05) is 14.2 Å². The summed E-state index contributed by atoms with van der Waals surface area (Å²) in [5.41, 5.74) is -0.418. The number of nitrogens with zero attached hydrogens (tertiary/aromatic N) is 1. The van der Waals surface area contributed by atoms with Gasteiger partial charge in [-0.2, -0.15) is 0 Å². The Morgan fingerprint density at radius 3 is 2.46 bits per heavy atom. The van der Waals surface area contributed by atoms with Gasteiger partial charge in [-0.25, -0.2) is 4.79 Å². The number of carbonyl (C=O) groups excluding carboxylic acids is 1. The molecule has 2 N–H and O–H groups in total. The van der Waals surface area contributed by atoms with Gasteiger partial charge in [-0.1, -0.05) is 13.3 Å². The van der Waals surface area contributed by atoms with Crippen LogP contribution in [0.4, 0.5) is 0 Å². The largest absolute Gasteiger partial charge is 0.493 e. The minimum Gasteiger partial charge on any atom is -0.493 e. The van der Waals surface area contributed by atoms with Gasteiger partial charge in [-0.3, -0.25) is 14.2 Å². The third kappa shape index (κ3) is 5.15. The molecule has 8 heteroatoms. The zero-order valence-electron chi connectivity index (χ0n) is 17.0. The maximum absolute atomic E-state index is 12.7. The van der Waals surface area contributed by atoms with E-state index in [0.717, 1.165) is 12.8 Å². The van der Waals surface area contributed by atoms with Gasteiger partial charge >= 0.3 is 5.69 Å². The van der Waals surface area contributed by atoms with Crippen LogP contribution in [0.25, 0.3) is 10.9 Å². The lowest BCUT2D eigenvalue weighted by atomic mass is 10.1. The van der Waals surface area contributed by atoms with Gasteiger partial charge in [-0.05, 0) is 32.3 Å². The summed E-state index contributed by atoms with van der Waals surface area (Å²) in [6, 6.07) is 3.33. The predicted octanol–water partition coefficient (Wildman–Crippen LogP) is 2.18. The number of amides is 1. The summed E-state index contributed by atoms with van der Waals surface area (Å²) in [6.45, 7) is 4.29. The second kappa shape index (κ2) is 9.96. The Kier molecular flexibility index (Phi) is 7.66.